The van der Waals surface area contributed by atoms with Crippen LogP contribution in [0.4, 0.5) is 0 Å². The SMILES string of the molecule is COc1cc([C@H](C)NCc2ccsc2)ccc1SC. The van der Waals surface area contributed by atoms with Gasteiger partial charge < -0.3 is 10.1 Å². The minimum Gasteiger partial charge on any atom is -0.496 e. The van der Waals surface area contributed by atoms with E-state index in [1.807, 2.05) is 0 Å². The first kappa shape index (κ1) is 14.4. The number of thiophene rings is 1. The summed E-state index contributed by atoms with van der Waals surface area (Å²) in [5, 5.41) is 7.82. The Morgan fingerprint density at radius 1 is 1.37 bits per heavy atom. The second-order valence-corrected chi connectivity index (χ2v) is 5.98. The van der Waals surface area contributed by atoms with Gasteiger partial charge in [-0.15, -0.1) is 11.8 Å². The van der Waals surface area contributed by atoms with Gasteiger partial charge in [0.25, 0.3) is 0 Å². The van der Waals surface area contributed by atoms with Gasteiger partial charge in [-0.1, -0.05) is 6.07 Å². The van der Waals surface area contributed by atoms with E-state index in [4.69, 9.17) is 4.74 Å². The van der Waals surface area contributed by atoms with Gasteiger partial charge in [0.05, 0.1) is 7.11 Å². The maximum atomic E-state index is 5.43. The number of nitrogens with one attached hydrogen (secondary N) is 1. The highest BCUT2D eigenvalue weighted by atomic mass is 32.2. The van der Waals surface area contributed by atoms with Crippen molar-refractivity contribution in [3.63, 3.8) is 0 Å². The summed E-state index contributed by atoms with van der Waals surface area (Å²) in [6.45, 7) is 3.08. The Hall–Kier alpha value is -0.970. The molecule has 2 aromatic rings. The molecule has 0 saturated carbocycles. The average Bonchev–Trinajstić information content (AvgIpc) is 2.97. The minimum absolute atomic E-state index is 0.310. The van der Waals surface area contributed by atoms with Gasteiger partial charge in [-0.25, -0.2) is 0 Å². The molecule has 0 radical (unpaired) electrons. The van der Waals surface area contributed by atoms with E-state index in [2.05, 4.69) is 53.5 Å². The van der Waals surface area contributed by atoms with Crippen molar-refractivity contribution in [2.75, 3.05) is 13.4 Å². The van der Waals surface area contributed by atoms with Crippen molar-refractivity contribution in [3.05, 3.63) is 46.2 Å². The molecule has 0 fully saturated rings. The molecule has 0 aliphatic rings. The molecule has 1 heterocycles. The van der Waals surface area contributed by atoms with Gasteiger partial charge >= 0.3 is 0 Å². The summed E-state index contributed by atoms with van der Waals surface area (Å²) in [5.41, 5.74) is 2.59. The average molecular weight is 293 g/mol. The molecule has 0 bridgehead atoms. The molecule has 0 saturated heterocycles. The number of hydrogen-bond donors (Lipinski definition) is 1. The van der Waals surface area contributed by atoms with Crippen molar-refractivity contribution in [2.45, 2.75) is 24.4 Å². The van der Waals surface area contributed by atoms with Crippen molar-refractivity contribution in [2.24, 2.45) is 0 Å². The van der Waals surface area contributed by atoms with Crippen molar-refractivity contribution < 1.29 is 4.74 Å². The second kappa shape index (κ2) is 6.98. The van der Waals surface area contributed by atoms with Crippen LogP contribution in [0, 0.1) is 0 Å². The molecule has 0 amide bonds. The molecule has 0 unspecified atom stereocenters. The fourth-order valence-electron chi connectivity index (χ4n) is 1.90. The van der Waals surface area contributed by atoms with Crippen molar-refractivity contribution >= 4 is 23.1 Å². The summed E-state index contributed by atoms with van der Waals surface area (Å²) in [7, 11) is 1.72. The molecular formula is C15H19NOS2. The zero-order valence-corrected chi connectivity index (χ0v) is 13.1. The Bertz CT molecular complexity index is 511. The third kappa shape index (κ3) is 3.75. The van der Waals surface area contributed by atoms with E-state index in [1.165, 1.54) is 16.0 Å². The molecule has 2 rings (SSSR count). The van der Waals surface area contributed by atoms with Crippen LogP contribution in [0.15, 0.2) is 39.9 Å². The largest absolute Gasteiger partial charge is 0.496 e. The van der Waals surface area contributed by atoms with E-state index in [-0.39, 0.29) is 0 Å². The highest BCUT2D eigenvalue weighted by molar-refractivity contribution is 7.98. The summed E-state index contributed by atoms with van der Waals surface area (Å²) >= 11 is 3.44. The first-order valence-electron chi connectivity index (χ1n) is 6.21. The number of ether oxygens (including phenoxy) is 1. The van der Waals surface area contributed by atoms with Crippen molar-refractivity contribution in [1.29, 1.82) is 0 Å². The zero-order valence-electron chi connectivity index (χ0n) is 11.5. The molecule has 4 heteroatoms. The minimum atomic E-state index is 0.310. The van der Waals surface area contributed by atoms with Gasteiger partial charge in [0, 0.05) is 17.5 Å². The van der Waals surface area contributed by atoms with Crippen LogP contribution in [-0.4, -0.2) is 13.4 Å². The van der Waals surface area contributed by atoms with Crippen LogP contribution in [0.3, 0.4) is 0 Å². The quantitative estimate of drug-likeness (QED) is 0.801. The molecule has 1 atom stereocenters. The Labute approximate surface area is 123 Å². The summed E-state index contributed by atoms with van der Waals surface area (Å²) in [5.74, 6) is 0.953. The van der Waals surface area contributed by atoms with Gasteiger partial charge in [-0.2, -0.15) is 11.3 Å². The van der Waals surface area contributed by atoms with E-state index >= 15 is 0 Å². The molecule has 1 aromatic heterocycles. The third-order valence-electron chi connectivity index (χ3n) is 3.10. The Kier molecular flexibility index (Phi) is 5.31. The van der Waals surface area contributed by atoms with Gasteiger partial charge in [-0.05, 0) is 53.3 Å². The van der Waals surface area contributed by atoms with Crippen molar-refractivity contribution in [1.82, 2.24) is 5.32 Å². The molecule has 0 spiro atoms. The van der Waals surface area contributed by atoms with Crippen LogP contribution in [0.5, 0.6) is 5.75 Å². The predicted molar refractivity (Wildman–Crippen MR) is 84.3 cm³/mol. The first-order valence-corrected chi connectivity index (χ1v) is 8.37. The maximum Gasteiger partial charge on any atom is 0.132 e. The number of thioether (sulfide) groups is 1. The van der Waals surface area contributed by atoms with Gasteiger partial charge in [0.15, 0.2) is 0 Å². The Balaban J connectivity index is 2.04. The van der Waals surface area contributed by atoms with Gasteiger partial charge in [-0.3, -0.25) is 0 Å². The van der Waals surface area contributed by atoms with Crippen LogP contribution < -0.4 is 10.1 Å². The number of benzene rings is 1. The zero-order chi connectivity index (χ0) is 13.7. The van der Waals surface area contributed by atoms with Crippen LogP contribution in [0.25, 0.3) is 0 Å². The van der Waals surface area contributed by atoms with E-state index in [9.17, 15) is 0 Å². The number of hydrogen-bond acceptors (Lipinski definition) is 4. The normalized spacial score (nSPS) is 12.4. The summed E-state index contributed by atoms with van der Waals surface area (Å²) in [6, 6.07) is 8.88. The second-order valence-electron chi connectivity index (χ2n) is 4.35. The van der Waals surface area contributed by atoms with Gasteiger partial charge in [0.1, 0.15) is 5.75 Å². The molecular weight excluding hydrogens is 274 g/mol. The molecule has 0 aliphatic heterocycles. The lowest BCUT2D eigenvalue weighted by Crippen LogP contribution is -2.17. The Morgan fingerprint density at radius 2 is 2.21 bits per heavy atom. The fraction of sp³-hybridized carbons (Fsp3) is 0.333. The van der Waals surface area contributed by atoms with Crippen LogP contribution in [0.2, 0.25) is 0 Å². The highest BCUT2D eigenvalue weighted by Crippen LogP contribution is 2.30. The van der Waals surface area contributed by atoms with Crippen LogP contribution in [0.1, 0.15) is 24.1 Å². The van der Waals surface area contributed by atoms with Crippen LogP contribution in [-0.2, 0) is 6.54 Å². The summed E-state index contributed by atoms with van der Waals surface area (Å²) in [4.78, 5) is 1.18. The molecule has 102 valence electrons. The standard InChI is InChI=1S/C15H19NOS2/c1-11(16-9-12-6-7-19-10-12)13-4-5-15(18-3)14(8-13)17-2/h4-8,10-11,16H,9H2,1-3H3/t11-/m0/s1. The lowest BCUT2D eigenvalue weighted by molar-refractivity contribution is 0.403. The first-order chi connectivity index (χ1) is 9.24. The number of methoxy groups -OCH3 is 1. The molecule has 1 N–H and O–H groups in total. The smallest absolute Gasteiger partial charge is 0.132 e. The topological polar surface area (TPSA) is 21.3 Å². The molecule has 0 aliphatic carbocycles. The third-order valence-corrected chi connectivity index (χ3v) is 4.61. The maximum absolute atomic E-state index is 5.43. The highest BCUT2D eigenvalue weighted by Gasteiger charge is 2.09. The monoisotopic (exact) mass is 293 g/mol. The summed E-state index contributed by atoms with van der Waals surface area (Å²) in [6.07, 6.45) is 2.07. The molecule has 1 aromatic carbocycles. The van der Waals surface area contributed by atoms with E-state index in [1.54, 1.807) is 30.2 Å². The number of rotatable bonds is 6. The van der Waals surface area contributed by atoms with E-state index in [0.29, 0.717) is 6.04 Å². The lowest BCUT2D eigenvalue weighted by atomic mass is 10.1. The summed E-state index contributed by atoms with van der Waals surface area (Å²) < 4.78 is 5.43. The van der Waals surface area contributed by atoms with Gasteiger partial charge in [0.2, 0.25) is 0 Å². The lowest BCUT2D eigenvalue weighted by Gasteiger charge is -2.16. The fourth-order valence-corrected chi connectivity index (χ4v) is 3.12. The molecule has 2 nitrogen and oxygen atoms in total. The van der Waals surface area contributed by atoms with Crippen molar-refractivity contribution in [3.8, 4) is 5.75 Å². The molecule has 19 heavy (non-hydrogen) atoms. The Morgan fingerprint density at radius 3 is 2.84 bits per heavy atom. The predicted octanol–water partition coefficient (Wildman–Crippen LogP) is 4.33. The van der Waals surface area contributed by atoms with E-state index < -0.39 is 0 Å². The van der Waals surface area contributed by atoms with E-state index in [0.717, 1.165) is 12.3 Å². The van der Waals surface area contributed by atoms with Crippen LogP contribution >= 0.6 is 23.1 Å².